The van der Waals surface area contributed by atoms with E-state index in [2.05, 4.69) is 0 Å². The Hall–Kier alpha value is -1.39. The zero-order valence-electron chi connectivity index (χ0n) is 7.32. The van der Waals surface area contributed by atoms with Crippen LogP contribution in [0.4, 0.5) is 0 Å². The lowest BCUT2D eigenvalue weighted by Crippen LogP contribution is -2.47. The van der Waals surface area contributed by atoms with Crippen LogP contribution in [0.25, 0.3) is 0 Å². The molecule has 0 radical (unpaired) electrons. The highest BCUT2D eigenvalue weighted by atomic mass is 16.4. The summed E-state index contributed by atoms with van der Waals surface area (Å²) in [5.74, 6) is -1.38. The maximum Gasteiger partial charge on any atom is 0.305 e. The predicted molar refractivity (Wildman–Crippen MR) is 43.1 cm³/mol. The first-order valence-corrected chi connectivity index (χ1v) is 4.02. The second-order valence-electron chi connectivity index (χ2n) is 3.08. The Balaban J connectivity index is 2.72. The fourth-order valence-corrected chi connectivity index (χ4v) is 1.38. The molecule has 0 bridgehead atoms. The minimum Gasteiger partial charge on any atom is -0.481 e. The van der Waals surface area contributed by atoms with Crippen molar-refractivity contribution in [1.82, 2.24) is 4.90 Å². The molecule has 1 fully saturated rings. The number of carbonyl (C=O) groups is 3. The van der Waals surface area contributed by atoms with Crippen molar-refractivity contribution in [2.24, 2.45) is 0 Å². The number of aliphatic carboxylic acids is 1. The molecule has 1 N–H and O–H groups in total. The summed E-state index contributed by atoms with van der Waals surface area (Å²) in [4.78, 5) is 33.9. The van der Waals surface area contributed by atoms with E-state index in [0.717, 1.165) is 0 Å². The molecule has 1 unspecified atom stereocenters. The maximum atomic E-state index is 11.2. The van der Waals surface area contributed by atoms with Crippen molar-refractivity contribution in [3.8, 4) is 0 Å². The number of carboxylic acids is 1. The van der Waals surface area contributed by atoms with E-state index in [1.54, 1.807) is 0 Å². The van der Waals surface area contributed by atoms with Gasteiger partial charge in [0.1, 0.15) is 6.04 Å². The third-order valence-corrected chi connectivity index (χ3v) is 2.19. The largest absolute Gasteiger partial charge is 0.481 e. The smallest absolute Gasteiger partial charge is 0.305 e. The number of ketones is 1. The number of nitrogens with zero attached hydrogens (tertiary/aromatic N) is 1. The number of likely N-dealkylation sites (tertiary alicyclic amines) is 1. The van der Waals surface area contributed by atoms with Gasteiger partial charge in [0, 0.05) is 19.9 Å². The standard InChI is InChI=1S/C8H11NO4/c1-9-5(4-8(12)13)6(10)2-3-7(9)11/h5H,2-4H2,1H3,(H,12,13). The molecular weight excluding hydrogens is 174 g/mol. The molecular formula is C8H11NO4. The summed E-state index contributed by atoms with van der Waals surface area (Å²) >= 11 is 0. The average Bonchev–Trinajstić information content (AvgIpc) is 2.05. The van der Waals surface area contributed by atoms with Crippen molar-refractivity contribution in [3.63, 3.8) is 0 Å². The Labute approximate surface area is 75.3 Å². The van der Waals surface area contributed by atoms with Gasteiger partial charge in [0.25, 0.3) is 0 Å². The van der Waals surface area contributed by atoms with Crippen LogP contribution in [0, 0.1) is 0 Å². The Morgan fingerprint density at radius 3 is 2.69 bits per heavy atom. The summed E-state index contributed by atoms with van der Waals surface area (Å²) in [7, 11) is 1.47. The van der Waals surface area contributed by atoms with Crippen LogP contribution in [0.5, 0.6) is 0 Å². The number of carboxylic acid groups (broad SMARTS) is 1. The van der Waals surface area contributed by atoms with Crippen molar-refractivity contribution >= 4 is 17.7 Å². The summed E-state index contributed by atoms with van der Waals surface area (Å²) in [6, 6.07) is -0.765. The molecule has 1 rings (SSSR count). The monoisotopic (exact) mass is 185 g/mol. The predicted octanol–water partition coefficient (Wildman–Crippen LogP) is -0.349. The number of likely N-dealkylation sites (N-methyl/N-ethyl adjacent to an activating group) is 1. The van der Waals surface area contributed by atoms with Gasteiger partial charge in [0.2, 0.25) is 5.91 Å². The topological polar surface area (TPSA) is 74.7 Å². The molecule has 72 valence electrons. The van der Waals surface area contributed by atoms with E-state index >= 15 is 0 Å². The summed E-state index contributed by atoms with van der Waals surface area (Å²) in [6.07, 6.45) is 0.0770. The molecule has 0 aliphatic carbocycles. The first-order chi connectivity index (χ1) is 6.02. The summed E-state index contributed by atoms with van der Waals surface area (Å²) in [6.45, 7) is 0. The molecule has 0 spiro atoms. The van der Waals surface area contributed by atoms with Gasteiger partial charge in [-0.3, -0.25) is 14.4 Å². The van der Waals surface area contributed by atoms with Crippen LogP contribution in [0.2, 0.25) is 0 Å². The highest BCUT2D eigenvalue weighted by Gasteiger charge is 2.33. The normalized spacial score (nSPS) is 23.5. The van der Waals surface area contributed by atoms with Crippen LogP contribution in [0.1, 0.15) is 19.3 Å². The van der Waals surface area contributed by atoms with Crippen molar-refractivity contribution in [2.45, 2.75) is 25.3 Å². The van der Waals surface area contributed by atoms with Gasteiger partial charge < -0.3 is 10.0 Å². The molecule has 0 saturated carbocycles. The molecule has 13 heavy (non-hydrogen) atoms. The molecule has 1 heterocycles. The maximum absolute atomic E-state index is 11.2. The lowest BCUT2D eigenvalue weighted by Gasteiger charge is -2.29. The Morgan fingerprint density at radius 1 is 1.54 bits per heavy atom. The second-order valence-corrected chi connectivity index (χ2v) is 3.08. The van der Waals surface area contributed by atoms with E-state index in [-0.39, 0.29) is 31.0 Å². The molecule has 1 atom stereocenters. The quantitative estimate of drug-likeness (QED) is 0.638. The van der Waals surface area contributed by atoms with E-state index in [1.165, 1.54) is 11.9 Å². The molecule has 1 saturated heterocycles. The van der Waals surface area contributed by atoms with Gasteiger partial charge in [0.05, 0.1) is 6.42 Å². The first kappa shape index (κ1) is 9.70. The van der Waals surface area contributed by atoms with Crippen molar-refractivity contribution in [2.75, 3.05) is 7.05 Å². The molecule has 5 heteroatoms. The van der Waals surface area contributed by atoms with Crippen molar-refractivity contribution in [3.05, 3.63) is 0 Å². The average molecular weight is 185 g/mol. The Kier molecular flexibility index (Phi) is 2.65. The fraction of sp³-hybridized carbons (Fsp3) is 0.625. The van der Waals surface area contributed by atoms with E-state index < -0.39 is 12.0 Å². The van der Waals surface area contributed by atoms with Crippen LogP contribution in [0.3, 0.4) is 0 Å². The minimum atomic E-state index is -1.06. The van der Waals surface area contributed by atoms with E-state index in [9.17, 15) is 14.4 Å². The number of carbonyl (C=O) groups excluding carboxylic acids is 2. The van der Waals surface area contributed by atoms with Gasteiger partial charge in [-0.1, -0.05) is 0 Å². The van der Waals surface area contributed by atoms with Gasteiger partial charge in [-0.25, -0.2) is 0 Å². The molecule has 0 aromatic carbocycles. The molecule has 1 aliphatic heterocycles. The fourth-order valence-electron chi connectivity index (χ4n) is 1.38. The van der Waals surface area contributed by atoms with Crippen LogP contribution in [-0.2, 0) is 14.4 Å². The number of hydrogen-bond donors (Lipinski definition) is 1. The van der Waals surface area contributed by atoms with Crippen molar-refractivity contribution < 1.29 is 19.5 Å². The lowest BCUT2D eigenvalue weighted by atomic mass is 9.98. The third kappa shape index (κ3) is 2.05. The van der Waals surface area contributed by atoms with Gasteiger partial charge in [0.15, 0.2) is 5.78 Å². The molecule has 0 aromatic rings. The molecule has 5 nitrogen and oxygen atoms in total. The summed E-state index contributed by atoms with van der Waals surface area (Å²) < 4.78 is 0. The molecule has 1 aliphatic rings. The number of piperidine rings is 1. The number of rotatable bonds is 2. The van der Waals surface area contributed by atoms with Gasteiger partial charge in [-0.2, -0.15) is 0 Å². The van der Waals surface area contributed by atoms with Gasteiger partial charge in [-0.15, -0.1) is 0 Å². The molecule has 0 aromatic heterocycles. The number of hydrogen-bond acceptors (Lipinski definition) is 3. The SMILES string of the molecule is CN1C(=O)CCC(=O)C1CC(=O)O. The van der Waals surface area contributed by atoms with Gasteiger partial charge >= 0.3 is 5.97 Å². The second kappa shape index (κ2) is 3.55. The zero-order valence-corrected chi connectivity index (χ0v) is 7.32. The first-order valence-electron chi connectivity index (χ1n) is 4.02. The Morgan fingerprint density at radius 2 is 2.15 bits per heavy atom. The van der Waals surface area contributed by atoms with Crippen LogP contribution in [0.15, 0.2) is 0 Å². The highest BCUT2D eigenvalue weighted by molar-refractivity contribution is 5.97. The minimum absolute atomic E-state index is 0.161. The highest BCUT2D eigenvalue weighted by Crippen LogP contribution is 2.15. The Bertz CT molecular complexity index is 261. The zero-order chi connectivity index (χ0) is 10.0. The van der Waals surface area contributed by atoms with Crippen LogP contribution in [-0.4, -0.2) is 40.8 Å². The lowest BCUT2D eigenvalue weighted by molar-refractivity contribution is -0.148. The van der Waals surface area contributed by atoms with E-state index in [1.807, 2.05) is 0 Å². The molecule has 1 amide bonds. The summed E-state index contributed by atoms with van der Waals surface area (Å²) in [5.41, 5.74) is 0. The van der Waals surface area contributed by atoms with Gasteiger partial charge in [-0.05, 0) is 0 Å². The van der Waals surface area contributed by atoms with Crippen LogP contribution >= 0.6 is 0 Å². The van der Waals surface area contributed by atoms with E-state index in [4.69, 9.17) is 5.11 Å². The number of Topliss-reactive ketones (excluding diaryl/α,β-unsaturated/α-hetero) is 1. The number of amides is 1. The van der Waals surface area contributed by atoms with E-state index in [0.29, 0.717) is 0 Å². The third-order valence-electron chi connectivity index (χ3n) is 2.19. The summed E-state index contributed by atoms with van der Waals surface area (Å²) in [5, 5.41) is 8.50. The van der Waals surface area contributed by atoms with Crippen molar-refractivity contribution in [1.29, 1.82) is 0 Å². The van der Waals surface area contributed by atoms with Crippen LogP contribution < -0.4 is 0 Å².